The van der Waals surface area contributed by atoms with Crippen molar-refractivity contribution >= 4 is 11.6 Å². The van der Waals surface area contributed by atoms with E-state index in [2.05, 4.69) is 0 Å². The summed E-state index contributed by atoms with van der Waals surface area (Å²) in [7, 11) is 0. The van der Waals surface area contributed by atoms with Gasteiger partial charge in [0.2, 0.25) is 0 Å². The van der Waals surface area contributed by atoms with Gasteiger partial charge in [0.15, 0.2) is 23.3 Å². The molecule has 0 aromatic heterocycles. The van der Waals surface area contributed by atoms with Gasteiger partial charge in [-0.25, -0.2) is 17.6 Å². The molecular formula is C6HClF4. The van der Waals surface area contributed by atoms with E-state index < -0.39 is 28.3 Å². The summed E-state index contributed by atoms with van der Waals surface area (Å²) in [6.45, 7) is 0. The third kappa shape index (κ3) is 1.30. The van der Waals surface area contributed by atoms with Crippen molar-refractivity contribution in [3.63, 3.8) is 0 Å². The molecule has 0 bridgehead atoms. The fourth-order valence-corrected chi connectivity index (χ4v) is 0.723. The van der Waals surface area contributed by atoms with E-state index in [9.17, 15) is 17.6 Å². The average Bonchev–Trinajstić information content (AvgIpc) is 1.97. The van der Waals surface area contributed by atoms with E-state index >= 15 is 0 Å². The van der Waals surface area contributed by atoms with E-state index in [1.165, 1.54) is 0 Å². The lowest BCUT2D eigenvalue weighted by atomic mass is 10.3. The molecule has 1 aromatic rings. The first-order chi connectivity index (χ1) is 5.04. The lowest BCUT2D eigenvalue weighted by Gasteiger charge is -1.97. The lowest BCUT2D eigenvalue weighted by Crippen LogP contribution is -1.95. The van der Waals surface area contributed by atoms with Crippen LogP contribution in [-0.2, 0) is 0 Å². The van der Waals surface area contributed by atoms with Crippen molar-refractivity contribution in [1.29, 1.82) is 0 Å². The van der Waals surface area contributed by atoms with Gasteiger partial charge < -0.3 is 0 Å². The quantitative estimate of drug-likeness (QED) is 0.330. The zero-order valence-corrected chi connectivity index (χ0v) is 5.72. The number of rotatable bonds is 0. The number of halogens is 5. The van der Waals surface area contributed by atoms with Crippen LogP contribution in [0.1, 0.15) is 0 Å². The minimum atomic E-state index is -1.89. The van der Waals surface area contributed by atoms with Crippen molar-refractivity contribution in [3.05, 3.63) is 34.4 Å². The van der Waals surface area contributed by atoms with Gasteiger partial charge in [-0.15, -0.1) is 0 Å². The van der Waals surface area contributed by atoms with E-state index in [-0.39, 0.29) is 0 Å². The third-order valence-electron chi connectivity index (χ3n) is 1.06. The molecule has 0 unspecified atom stereocenters. The van der Waals surface area contributed by atoms with Crippen LogP contribution in [0.25, 0.3) is 0 Å². The molecule has 1 aromatic carbocycles. The molecule has 0 aliphatic carbocycles. The molecule has 0 amide bonds. The van der Waals surface area contributed by atoms with Crippen LogP contribution in [0.15, 0.2) is 6.07 Å². The summed E-state index contributed by atoms with van der Waals surface area (Å²) in [5.74, 6) is -6.83. The number of hydrogen-bond donors (Lipinski definition) is 0. The Hall–Kier alpha value is -0.770. The first-order valence-corrected chi connectivity index (χ1v) is 2.90. The molecule has 0 spiro atoms. The minimum absolute atomic E-state index is 0.370. The van der Waals surface area contributed by atoms with Crippen molar-refractivity contribution < 1.29 is 17.6 Å². The number of benzene rings is 1. The second kappa shape index (κ2) is 2.70. The third-order valence-corrected chi connectivity index (χ3v) is 1.33. The van der Waals surface area contributed by atoms with Gasteiger partial charge >= 0.3 is 0 Å². The molecule has 0 atom stereocenters. The Kier molecular flexibility index (Phi) is 2.04. The van der Waals surface area contributed by atoms with E-state index in [1.807, 2.05) is 0 Å². The Bertz CT molecular complexity index is 271. The van der Waals surface area contributed by atoms with Crippen LogP contribution in [0.3, 0.4) is 0 Å². The van der Waals surface area contributed by atoms with Gasteiger partial charge in [-0.05, 0) is 6.07 Å². The maximum absolute atomic E-state index is 12.3. The molecule has 5 heteroatoms. The van der Waals surface area contributed by atoms with E-state index in [1.54, 1.807) is 0 Å². The average molecular weight is 185 g/mol. The summed E-state index contributed by atoms with van der Waals surface area (Å²) in [5, 5.41) is -0.776. The molecule has 0 nitrogen and oxygen atoms in total. The van der Waals surface area contributed by atoms with Crippen molar-refractivity contribution in [2.45, 2.75) is 0 Å². The summed E-state index contributed by atoms with van der Waals surface area (Å²) >= 11 is 4.97. The predicted molar refractivity (Wildman–Crippen MR) is 31.3 cm³/mol. The highest BCUT2D eigenvalue weighted by atomic mass is 35.5. The highest BCUT2D eigenvalue weighted by molar-refractivity contribution is 6.30. The topological polar surface area (TPSA) is 0 Å². The molecular weight excluding hydrogens is 184 g/mol. The van der Waals surface area contributed by atoms with Gasteiger partial charge in [0.25, 0.3) is 0 Å². The van der Waals surface area contributed by atoms with Crippen molar-refractivity contribution in [1.82, 2.24) is 0 Å². The zero-order chi connectivity index (χ0) is 8.59. The molecule has 0 aliphatic rings. The van der Waals surface area contributed by atoms with Crippen LogP contribution in [0.5, 0.6) is 0 Å². The largest absolute Gasteiger partial charge is 0.204 e. The maximum atomic E-state index is 12.3. The standard InChI is InChI=1S/C6HClF4/c7-2-1-3(8)5(10)6(11)4(2)9/h1H. The van der Waals surface area contributed by atoms with Crippen LogP contribution >= 0.6 is 11.6 Å². The summed E-state index contributed by atoms with van der Waals surface area (Å²) in [6, 6.07) is 0.370. The predicted octanol–water partition coefficient (Wildman–Crippen LogP) is 2.90. The summed E-state index contributed by atoms with van der Waals surface area (Å²) in [5.41, 5.74) is 0. The molecule has 0 fully saturated rings. The first kappa shape index (κ1) is 8.33. The Balaban J connectivity index is 3.46. The van der Waals surface area contributed by atoms with Gasteiger partial charge in [0.05, 0.1) is 5.02 Å². The van der Waals surface area contributed by atoms with Crippen molar-refractivity contribution in [2.24, 2.45) is 0 Å². The number of hydrogen-bond acceptors (Lipinski definition) is 0. The van der Waals surface area contributed by atoms with Gasteiger partial charge in [-0.2, -0.15) is 0 Å². The molecule has 60 valence electrons. The van der Waals surface area contributed by atoms with Gasteiger partial charge in [-0.1, -0.05) is 11.6 Å². The maximum Gasteiger partial charge on any atom is 0.199 e. The molecule has 0 saturated carbocycles. The van der Waals surface area contributed by atoms with Crippen LogP contribution in [0, 0.1) is 23.3 Å². The second-order valence-electron chi connectivity index (χ2n) is 1.78. The molecule has 0 heterocycles. The van der Waals surface area contributed by atoms with Gasteiger partial charge in [-0.3, -0.25) is 0 Å². The summed E-state index contributed by atoms with van der Waals surface area (Å²) in [4.78, 5) is 0. The summed E-state index contributed by atoms with van der Waals surface area (Å²) < 4.78 is 48.7. The van der Waals surface area contributed by atoms with E-state index in [0.717, 1.165) is 0 Å². The highest BCUT2D eigenvalue weighted by Crippen LogP contribution is 2.21. The monoisotopic (exact) mass is 184 g/mol. The fraction of sp³-hybridized carbons (Fsp3) is 0. The zero-order valence-electron chi connectivity index (χ0n) is 4.97. The highest BCUT2D eigenvalue weighted by Gasteiger charge is 2.16. The molecule has 1 rings (SSSR count). The van der Waals surface area contributed by atoms with Crippen LogP contribution in [0.2, 0.25) is 5.02 Å². The van der Waals surface area contributed by atoms with Gasteiger partial charge in [0, 0.05) is 0 Å². The normalized spacial score (nSPS) is 10.3. The Morgan fingerprint density at radius 2 is 1.45 bits per heavy atom. The molecule has 0 radical (unpaired) electrons. The summed E-state index contributed by atoms with van der Waals surface area (Å²) in [6.07, 6.45) is 0. The SMILES string of the molecule is Fc1cc(Cl)c(F)c(F)c1F. The van der Waals surface area contributed by atoms with Crippen LogP contribution in [-0.4, -0.2) is 0 Å². The molecule has 0 N–H and O–H groups in total. The Morgan fingerprint density at radius 1 is 0.909 bits per heavy atom. The Labute approximate surface area is 64.4 Å². The second-order valence-corrected chi connectivity index (χ2v) is 2.19. The minimum Gasteiger partial charge on any atom is -0.204 e. The van der Waals surface area contributed by atoms with E-state index in [0.29, 0.717) is 6.07 Å². The van der Waals surface area contributed by atoms with E-state index in [4.69, 9.17) is 11.6 Å². The molecule has 11 heavy (non-hydrogen) atoms. The Morgan fingerprint density at radius 3 is 2.00 bits per heavy atom. The molecule has 0 saturated heterocycles. The smallest absolute Gasteiger partial charge is 0.199 e. The van der Waals surface area contributed by atoms with Gasteiger partial charge in [0.1, 0.15) is 0 Å². The van der Waals surface area contributed by atoms with Crippen LogP contribution < -0.4 is 0 Å². The van der Waals surface area contributed by atoms with Crippen LogP contribution in [0.4, 0.5) is 17.6 Å². The fourth-order valence-electron chi connectivity index (χ4n) is 0.544. The lowest BCUT2D eigenvalue weighted by molar-refractivity contribution is 0.409. The van der Waals surface area contributed by atoms with Crippen molar-refractivity contribution in [3.8, 4) is 0 Å². The van der Waals surface area contributed by atoms with Crippen molar-refractivity contribution in [2.75, 3.05) is 0 Å². The molecule has 0 aliphatic heterocycles. The first-order valence-electron chi connectivity index (χ1n) is 2.52.